The normalized spacial score (nSPS) is 17.4. The first-order chi connectivity index (χ1) is 12.0. The minimum atomic E-state index is -0.0769. The van der Waals surface area contributed by atoms with Crippen LogP contribution in [-0.2, 0) is 4.79 Å². The first-order valence-corrected chi connectivity index (χ1v) is 9.54. The summed E-state index contributed by atoms with van der Waals surface area (Å²) in [7, 11) is 0. The number of carbonyl (C=O) groups is 3. The molecule has 1 saturated carbocycles. The predicted molar refractivity (Wildman–Crippen MR) is 97.0 cm³/mol. The van der Waals surface area contributed by atoms with Crippen LogP contribution in [0.2, 0.25) is 0 Å². The molecule has 7 nitrogen and oxygen atoms in total. The quantitative estimate of drug-likeness (QED) is 0.856. The smallest absolute Gasteiger partial charge is 0.317 e. The van der Waals surface area contributed by atoms with Gasteiger partial charge >= 0.3 is 6.03 Å². The Kier molecular flexibility index (Phi) is 5.27. The molecule has 1 aromatic heterocycles. The Bertz CT molecular complexity index is 675. The molecule has 2 N–H and O–H groups in total. The number of piperazine rings is 1. The average Bonchev–Trinajstić information content (AvgIpc) is 3.39. The lowest BCUT2D eigenvalue weighted by atomic mass is 10.2. The molecule has 25 heavy (non-hydrogen) atoms. The molecule has 0 atom stereocenters. The van der Waals surface area contributed by atoms with E-state index in [1.807, 2.05) is 19.9 Å². The Morgan fingerprint density at radius 2 is 1.80 bits per heavy atom. The van der Waals surface area contributed by atoms with Gasteiger partial charge in [0, 0.05) is 38.6 Å². The van der Waals surface area contributed by atoms with Crippen molar-refractivity contribution in [2.45, 2.75) is 26.7 Å². The summed E-state index contributed by atoms with van der Waals surface area (Å²) in [6, 6.07) is 1.79. The summed E-state index contributed by atoms with van der Waals surface area (Å²) < 4.78 is 0. The molecule has 2 heterocycles. The van der Waals surface area contributed by atoms with Gasteiger partial charge in [-0.2, -0.15) is 0 Å². The third-order valence-electron chi connectivity index (χ3n) is 4.49. The molecule has 8 heteroatoms. The Morgan fingerprint density at radius 1 is 1.16 bits per heavy atom. The van der Waals surface area contributed by atoms with Gasteiger partial charge in [0.15, 0.2) is 0 Å². The Labute approximate surface area is 151 Å². The molecule has 0 radical (unpaired) electrons. The van der Waals surface area contributed by atoms with Crippen LogP contribution in [0.1, 0.15) is 35.0 Å². The molecule has 1 aromatic rings. The molecule has 1 aliphatic heterocycles. The topological polar surface area (TPSA) is 81.8 Å². The number of thiophene rings is 1. The summed E-state index contributed by atoms with van der Waals surface area (Å²) >= 11 is 1.33. The maximum atomic E-state index is 12.8. The fourth-order valence-corrected chi connectivity index (χ4v) is 3.89. The number of anilines is 1. The van der Waals surface area contributed by atoms with Crippen molar-refractivity contribution in [2.24, 2.45) is 5.92 Å². The number of hydrogen-bond acceptors (Lipinski definition) is 4. The van der Waals surface area contributed by atoms with Gasteiger partial charge in [-0.1, -0.05) is 0 Å². The van der Waals surface area contributed by atoms with Crippen LogP contribution in [-0.4, -0.2) is 60.4 Å². The monoisotopic (exact) mass is 364 g/mol. The molecule has 136 valence electrons. The van der Waals surface area contributed by atoms with Crippen LogP contribution in [0, 0.1) is 12.8 Å². The second kappa shape index (κ2) is 7.43. The fraction of sp³-hybridized carbons (Fsp3) is 0.588. The second-order valence-electron chi connectivity index (χ2n) is 6.50. The number of urea groups is 1. The highest BCUT2D eigenvalue weighted by Gasteiger charge is 2.31. The van der Waals surface area contributed by atoms with E-state index in [2.05, 4.69) is 10.6 Å². The van der Waals surface area contributed by atoms with Gasteiger partial charge in [-0.25, -0.2) is 4.79 Å². The minimum absolute atomic E-state index is 0.0232. The molecule has 2 aliphatic rings. The van der Waals surface area contributed by atoms with E-state index in [1.54, 1.807) is 9.80 Å². The highest BCUT2D eigenvalue weighted by atomic mass is 32.1. The Morgan fingerprint density at radius 3 is 2.40 bits per heavy atom. The van der Waals surface area contributed by atoms with E-state index in [0.717, 1.165) is 23.4 Å². The van der Waals surface area contributed by atoms with Crippen LogP contribution in [0.5, 0.6) is 0 Å². The van der Waals surface area contributed by atoms with Gasteiger partial charge in [-0.3, -0.25) is 9.59 Å². The van der Waals surface area contributed by atoms with Crippen molar-refractivity contribution >= 4 is 34.2 Å². The largest absolute Gasteiger partial charge is 0.338 e. The number of carbonyl (C=O) groups excluding carboxylic acids is 3. The predicted octanol–water partition coefficient (Wildman–Crippen LogP) is 1.89. The van der Waals surface area contributed by atoms with Crippen LogP contribution in [0.15, 0.2) is 6.07 Å². The summed E-state index contributed by atoms with van der Waals surface area (Å²) in [5.41, 5.74) is 0.882. The van der Waals surface area contributed by atoms with Gasteiger partial charge < -0.3 is 20.4 Å². The number of nitrogens with zero attached hydrogens (tertiary/aromatic N) is 2. The lowest BCUT2D eigenvalue weighted by molar-refractivity contribution is -0.117. The summed E-state index contributed by atoms with van der Waals surface area (Å²) in [6.07, 6.45) is 1.91. The fourth-order valence-electron chi connectivity index (χ4n) is 2.84. The number of rotatable bonds is 4. The van der Waals surface area contributed by atoms with Crippen molar-refractivity contribution < 1.29 is 14.4 Å². The highest BCUT2D eigenvalue weighted by molar-refractivity contribution is 7.18. The van der Waals surface area contributed by atoms with Crippen LogP contribution in [0.25, 0.3) is 0 Å². The lowest BCUT2D eigenvalue weighted by Crippen LogP contribution is -2.53. The van der Waals surface area contributed by atoms with Crippen molar-refractivity contribution in [3.63, 3.8) is 0 Å². The van der Waals surface area contributed by atoms with E-state index >= 15 is 0 Å². The molecule has 1 aliphatic carbocycles. The standard InChI is InChI=1S/C17H24N4O3S/c1-3-18-17(24)21-8-6-20(7-9-21)16(23)14-11(2)10-13(25-14)19-15(22)12-4-5-12/h10,12H,3-9H2,1-2H3,(H,18,24)(H,19,22). The second-order valence-corrected chi connectivity index (χ2v) is 7.55. The van der Waals surface area contributed by atoms with Gasteiger partial charge in [0.2, 0.25) is 5.91 Å². The third-order valence-corrected chi connectivity index (χ3v) is 5.63. The van der Waals surface area contributed by atoms with Crippen molar-refractivity contribution in [1.29, 1.82) is 0 Å². The third kappa shape index (κ3) is 4.12. The van der Waals surface area contributed by atoms with Gasteiger partial charge in [-0.15, -0.1) is 11.3 Å². The highest BCUT2D eigenvalue weighted by Crippen LogP contribution is 2.33. The van der Waals surface area contributed by atoms with Crippen LogP contribution < -0.4 is 10.6 Å². The average molecular weight is 364 g/mol. The maximum absolute atomic E-state index is 12.8. The van der Waals surface area contributed by atoms with Gasteiger partial charge in [0.05, 0.1) is 9.88 Å². The van der Waals surface area contributed by atoms with Crippen molar-refractivity contribution in [3.8, 4) is 0 Å². The van der Waals surface area contributed by atoms with Crippen LogP contribution in [0.4, 0.5) is 9.80 Å². The Balaban J connectivity index is 1.59. The van der Waals surface area contributed by atoms with Crippen molar-refractivity contribution in [2.75, 3.05) is 38.0 Å². The molecule has 2 fully saturated rings. The molecular formula is C17H24N4O3S. The molecule has 4 amide bonds. The maximum Gasteiger partial charge on any atom is 0.317 e. The molecule has 0 unspecified atom stereocenters. The van der Waals surface area contributed by atoms with E-state index in [0.29, 0.717) is 37.6 Å². The summed E-state index contributed by atoms with van der Waals surface area (Å²) in [4.78, 5) is 40.7. The van der Waals surface area contributed by atoms with Gasteiger partial charge in [-0.05, 0) is 38.3 Å². The van der Waals surface area contributed by atoms with Gasteiger partial charge in [0.1, 0.15) is 0 Å². The van der Waals surface area contributed by atoms with E-state index in [9.17, 15) is 14.4 Å². The number of aryl methyl sites for hydroxylation is 1. The SMILES string of the molecule is CCNC(=O)N1CCN(C(=O)c2sc(NC(=O)C3CC3)cc2C)CC1. The zero-order chi connectivity index (χ0) is 18.0. The van der Waals surface area contributed by atoms with E-state index < -0.39 is 0 Å². The molecule has 0 bridgehead atoms. The molecular weight excluding hydrogens is 340 g/mol. The summed E-state index contributed by atoms with van der Waals surface area (Å²) in [5.74, 6) is 0.171. The number of amides is 4. The lowest BCUT2D eigenvalue weighted by Gasteiger charge is -2.34. The zero-order valence-electron chi connectivity index (χ0n) is 14.6. The van der Waals surface area contributed by atoms with Crippen molar-refractivity contribution in [1.82, 2.24) is 15.1 Å². The van der Waals surface area contributed by atoms with Crippen LogP contribution in [0.3, 0.4) is 0 Å². The summed E-state index contributed by atoms with van der Waals surface area (Å²) in [6.45, 7) is 6.49. The number of hydrogen-bond donors (Lipinski definition) is 2. The molecule has 3 rings (SSSR count). The minimum Gasteiger partial charge on any atom is -0.338 e. The zero-order valence-corrected chi connectivity index (χ0v) is 15.4. The van der Waals surface area contributed by atoms with E-state index in [-0.39, 0.29) is 23.8 Å². The molecule has 0 spiro atoms. The number of nitrogens with one attached hydrogen (secondary N) is 2. The summed E-state index contributed by atoms with van der Waals surface area (Å²) in [5, 5.41) is 6.42. The first kappa shape index (κ1) is 17.7. The van der Waals surface area contributed by atoms with Gasteiger partial charge in [0.25, 0.3) is 5.91 Å². The van der Waals surface area contributed by atoms with E-state index in [1.165, 1.54) is 11.3 Å². The first-order valence-electron chi connectivity index (χ1n) is 8.73. The van der Waals surface area contributed by atoms with E-state index in [4.69, 9.17) is 0 Å². The molecule has 1 saturated heterocycles. The van der Waals surface area contributed by atoms with Crippen LogP contribution >= 0.6 is 11.3 Å². The molecule has 0 aromatic carbocycles. The Hall–Kier alpha value is -2.09. The van der Waals surface area contributed by atoms with Crippen molar-refractivity contribution in [3.05, 3.63) is 16.5 Å².